The highest BCUT2D eigenvalue weighted by atomic mass is 35.5. The van der Waals surface area contributed by atoms with E-state index >= 15 is 0 Å². The summed E-state index contributed by atoms with van der Waals surface area (Å²) in [5.74, 6) is 1.26. The molecule has 0 aliphatic heterocycles. The Kier molecular flexibility index (Phi) is 2.44. The monoisotopic (exact) mass is 200 g/mol. The second-order valence-corrected chi connectivity index (χ2v) is 3.85. The molecule has 1 saturated carbocycles. The van der Waals surface area contributed by atoms with Gasteiger partial charge in [-0.05, 0) is 18.8 Å². The second kappa shape index (κ2) is 3.58. The zero-order valence-corrected chi connectivity index (χ0v) is 8.42. The van der Waals surface area contributed by atoms with Gasteiger partial charge in [0.1, 0.15) is 6.26 Å². The normalized spacial score (nSPS) is 16.2. The average Bonchev–Trinajstić information content (AvgIpc) is 2.82. The third kappa shape index (κ3) is 2.15. The number of hydrogen-bond acceptors (Lipinski definition) is 3. The Hall–Kier alpha value is -0.700. The predicted molar refractivity (Wildman–Crippen MR) is 52.1 cm³/mol. The summed E-state index contributed by atoms with van der Waals surface area (Å²) in [6.07, 6.45) is 4.30. The third-order valence-electron chi connectivity index (χ3n) is 2.23. The fourth-order valence-corrected chi connectivity index (χ4v) is 1.42. The Bertz CT molecular complexity index is 283. The van der Waals surface area contributed by atoms with Gasteiger partial charge in [-0.15, -0.1) is 11.6 Å². The molecule has 0 saturated heterocycles. The molecule has 0 unspecified atom stereocenters. The maximum absolute atomic E-state index is 5.62. The van der Waals surface area contributed by atoms with Crippen molar-refractivity contribution >= 4 is 17.6 Å². The molecule has 1 fully saturated rings. The minimum Gasteiger partial charge on any atom is -0.432 e. The Labute approximate surface area is 82.7 Å². The lowest BCUT2D eigenvalue weighted by molar-refractivity contribution is 0.539. The molecule has 4 heteroatoms. The summed E-state index contributed by atoms with van der Waals surface area (Å²) < 4.78 is 5.28. The van der Waals surface area contributed by atoms with Gasteiger partial charge in [0.15, 0.2) is 0 Å². The summed E-state index contributed by atoms with van der Waals surface area (Å²) in [4.78, 5) is 6.29. The number of halogens is 1. The largest absolute Gasteiger partial charge is 0.432 e. The lowest BCUT2D eigenvalue weighted by Crippen LogP contribution is -2.20. The Balaban J connectivity index is 1.96. The minimum atomic E-state index is 0.417. The van der Waals surface area contributed by atoms with Crippen LogP contribution in [0.1, 0.15) is 18.5 Å². The summed E-state index contributed by atoms with van der Waals surface area (Å²) in [5, 5.41) is 0. The molecule has 0 aromatic carbocycles. The Morgan fingerprint density at radius 2 is 2.46 bits per heavy atom. The number of alkyl halides is 1. The van der Waals surface area contributed by atoms with Gasteiger partial charge in [0.2, 0.25) is 0 Å². The van der Waals surface area contributed by atoms with Gasteiger partial charge >= 0.3 is 0 Å². The molecule has 1 heterocycles. The van der Waals surface area contributed by atoms with E-state index in [-0.39, 0.29) is 0 Å². The highest BCUT2D eigenvalue weighted by Crippen LogP contribution is 2.30. The van der Waals surface area contributed by atoms with E-state index < -0.39 is 0 Å². The van der Waals surface area contributed by atoms with Crippen LogP contribution in [0.3, 0.4) is 0 Å². The van der Waals surface area contributed by atoms with Crippen molar-refractivity contribution in [2.24, 2.45) is 5.92 Å². The maximum Gasteiger partial charge on any atom is 0.297 e. The van der Waals surface area contributed by atoms with Crippen LogP contribution in [0.5, 0.6) is 0 Å². The van der Waals surface area contributed by atoms with Crippen molar-refractivity contribution in [3.63, 3.8) is 0 Å². The van der Waals surface area contributed by atoms with Gasteiger partial charge < -0.3 is 9.32 Å². The molecule has 0 amide bonds. The third-order valence-corrected chi connectivity index (χ3v) is 2.51. The molecule has 1 aromatic heterocycles. The molecule has 1 aliphatic rings. The first-order chi connectivity index (χ1) is 6.29. The van der Waals surface area contributed by atoms with Crippen LogP contribution < -0.4 is 4.90 Å². The summed E-state index contributed by atoms with van der Waals surface area (Å²) in [6, 6.07) is 0.683. The SMILES string of the molecule is CN(CC1CC1)c1nc(CCl)co1. The molecule has 0 atom stereocenters. The van der Waals surface area contributed by atoms with E-state index in [9.17, 15) is 0 Å². The van der Waals surface area contributed by atoms with E-state index in [0.29, 0.717) is 11.9 Å². The highest BCUT2D eigenvalue weighted by molar-refractivity contribution is 6.16. The van der Waals surface area contributed by atoms with E-state index in [2.05, 4.69) is 4.98 Å². The fraction of sp³-hybridized carbons (Fsp3) is 0.667. The van der Waals surface area contributed by atoms with E-state index in [1.54, 1.807) is 6.26 Å². The van der Waals surface area contributed by atoms with E-state index in [0.717, 1.165) is 18.2 Å². The van der Waals surface area contributed by atoms with Crippen LogP contribution in [0.4, 0.5) is 6.01 Å². The van der Waals surface area contributed by atoms with Crippen molar-refractivity contribution in [1.29, 1.82) is 0 Å². The average molecular weight is 201 g/mol. The molecule has 1 aromatic rings. The van der Waals surface area contributed by atoms with Gasteiger partial charge in [-0.1, -0.05) is 0 Å². The highest BCUT2D eigenvalue weighted by Gasteiger charge is 2.24. The quantitative estimate of drug-likeness (QED) is 0.699. The molecular formula is C9H13ClN2O. The minimum absolute atomic E-state index is 0.417. The molecule has 13 heavy (non-hydrogen) atoms. The fourth-order valence-electron chi connectivity index (χ4n) is 1.30. The maximum atomic E-state index is 5.62. The Morgan fingerprint density at radius 1 is 1.69 bits per heavy atom. The number of oxazole rings is 1. The summed E-state index contributed by atoms with van der Waals surface area (Å²) in [7, 11) is 2.00. The van der Waals surface area contributed by atoms with Gasteiger partial charge in [-0.2, -0.15) is 4.98 Å². The predicted octanol–water partition coefficient (Wildman–Crippen LogP) is 2.26. The van der Waals surface area contributed by atoms with Crippen LogP contribution >= 0.6 is 11.6 Å². The first-order valence-electron chi connectivity index (χ1n) is 4.51. The molecule has 2 rings (SSSR count). The molecule has 0 radical (unpaired) electrons. The smallest absolute Gasteiger partial charge is 0.297 e. The van der Waals surface area contributed by atoms with Crippen LogP contribution in [0.25, 0.3) is 0 Å². The van der Waals surface area contributed by atoms with E-state index in [1.165, 1.54) is 12.8 Å². The van der Waals surface area contributed by atoms with Gasteiger partial charge in [-0.25, -0.2) is 0 Å². The zero-order valence-electron chi connectivity index (χ0n) is 7.66. The Morgan fingerprint density at radius 3 is 3.00 bits per heavy atom. The van der Waals surface area contributed by atoms with Crippen molar-refractivity contribution in [1.82, 2.24) is 4.98 Å². The van der Waals surface area contributed by atoms with Crippen LogP contribution in [-0.2, 0) is 5.88 Å². The molecule has 0 N–H and O–H groups in total. The number of hydrogen-bond donors (Lipinski definition) is 0. The van der Waals surface area contributed by atoms with Crippen LogP contribution in [0.15, 0.2) is 10.7 Å². The first kappa shape index (κ1) is 8.88. The number of nitrogens with zero attached hydrogens (tertiary/aromatic N) is 2. The molecular weight excluding hydrogens is 188 g/mol. The topological polar surface area (TPSA) is 29.3 Å². The van der Waals surface area contributed by atoms with Crippen LogP contribution in [0, 0.1) is 5.92 Å². The first-order valence-corrected chi connectivity index (χ1v) is 5.04. The standard InChI is InChI=1S/C9H13ClN2O/c1-12(5-7-2-3-7)9-11-8(4-10)6-13-9/h6-7H,2-5H2,1H3. The zero-order chi connectivity index (χ0) is 9.26. The lowest BCUT2D eigenvalue weighted by Gasteiger charge is -2.12. The van der Waals surface area contributed by atoms with Gasteiger partial charge in [0.25, 0.3) is 6.01 Å². The van der Waals surface area contributed by atoms with Crippen molar-refractivity contribution in [2.45, 2.75) is 18.7 Å². The number of rotatable bonds is 4. The van der Waals surface area contributed by atoms with Gasteiger partial charge in [0, 0.05) is 13.6 Å². The molecule has 0 bridgehead atoms. The summed E-state index contributed by atoms with van der Waals surface area (Å²) in [5.41, 5.74) is 0.805. The van der Waals surface area contributed by atoms with Crippen molar-refractivity contribution in [3.8, 4) is 0 Å². The van der Waals surface area contributed by atoms with Crippen LogP contribution in [-0.4, -0.2) is 18.6 Å². The van der Waals surface area contributed by atoms with Gasteiger partial charge in [0.05, 0.1) is 11.6 Å². The molecule has 1 aliphatic carbocycles. The number of aromatic nitrogens is 1. The summed E-state index contributed by atoms with van der Waals surface area (Å²) in [6.45, 7) is 1.04. The van der Waals surface area contributed by atoms with Crippen molar-refractivity contribution in [2.75, 3.05) is 18.5 Å². The molecule has 3 nitrogen and oxygen atoms in total. The van der Waals surface area contributed by atoms with Gasteiger partial charge in [-0.3, -0.25) is 0 Å². The van der Waals surface area contributed by atoms with Crippen molar-refractivity contribution < 1.29 is 4.42 Å². The second-order valence-electron chi connectivity index (χ2n) is 3.58. The van der Waals surface area contributed by atoms with E-state index in [1.807, 2.05) is 11.9 Å². The lowest BCUT2D eigenvalue weighted by atomic mass is 10.4. The summed E-state index contributed by atoms with van der Waals surface area (Å²) >= 11 is 5.62. The number of anilines is 1. The van der Waals surface area contributed by atoms with E-state index in [4.69, 9.17) is 16.0 Å². The molecule has 72 valence electrons. The van der Waals surface area contributed by atoms with Crippen LogP contribution in [0.2, 0.25) is 0 Å². The molecule has 0 spiro atoms. The van der Waals surface area contributed by atoms with Crippen molar-refractivity contribution in [3.05, 3.63) is 12.0 Å².